The van der Waals surface area contributed by atoms with Crippen LogP contribution in [0.15, 0.2) is 146 Å². The van der Waals surface area contributed by atoms with E-state index < -0.39 is 32.5 Å². The zero-order valence-corrected chi connectivity index (χ0v) is 52.4. The summed E-state index contributed by atoms with van der Waals surface area (Å²) >= 11 is 0. The first-order valence-electron chi connectivity index (χ1n) is 32.3. The summed E-state index contributed by atoms with van der Waals surface area (Å²) in [5, 5.41) is 0. The van der Waals surface area contributed by atoms with Gasteiger partial charge in [0.2, 0.25) is 0 Å². The zero-order chi connectivity index (χ0) is 58.7. The van der Waals surface area contributed by atoms with Crippen LogP contribution in [-0.4, -0.2) is 49.3 Å². The minimum absolute atomic E-state index is 0.0428. The molecule has 0 aromatic heterocycles. The standard InChI is InChI=1S/C71H118NO8P/c1-3-5-7-9-11-13-15-17-19-21-23-25-26-27-28-29-30-31-32-33-34-35-36-37-38-39-40-41-42-44-46-48-50-52-54-56-58-60-62-64-71(74)80-69(68-79-81(75,76)78-66-65-72)67-77-70(73)63-61-59-57-55-53-51-49-47-45-43-24-22-20-18-16-14-12-10-8-6-4-2/h5,7,11,13,17,19,22-25,27-28,30-31,33-34,36-37,39-40,42,44,48,50,69H,3-4,6,8-10,12,14-16,18,20-21,26,29,32,35,38,41,43,45-47,49,51-68,72H2,1-2H3,(H,75,76)/b7-5-,13-11-,19-17-,24-22-,25-23-,28-27-,31-30-,34-33-,37-36-,40-39-,44-42-,50-48-. The van der Waals surface area contributed by atoms with Crippen molar-refractivity contribution >= 4 is 19.8 Å². The molecule has 81 heavy (non-hydrogen) atoms. The number of hydrogen-bond acceptors (Lipinski definition) is 8. The highest BCUT2D eigenvalue weighted by Crippen LogP contribution is 2.43. The Hall–Kier alpha value is -4.11. The van der Waals surface area contributed by atoms with E-state index in [0.717, 1.165) is 128 Å². The van der Waals surface area contributed by atoms with Gasteiger partial charge in [0.25, 0.3) is 0 Å². The van der Waals surface area contributed by atoms with E-state index in [-0.39, 0.29) is 32.6 Å². The number of allylic oxidation sites excluding steroid dienone is 24. The summed E-state index contributed by atoms with van der Waals surface area (Å²) in [6, 6.07) is 0. The van der Waals surface area contributed by atoms with Gasteiger partial charge in [-0.2, -0.15) is 0 Å². The molecule has 9 nitrogen and oxygen atoms in total. The summed E-state index contributed by atoms with van der Waals surface area (Å²) < 4.78 is 33.1. The van der Waals surface area contributed by atoms with E-state index in [2.05, 4.69) is 160 Å². The van der Waals surface area contributed by atoms with E-state index in [9.17, 15) is 19.0 Å². The molecule has 0 aliphatic rings. The molecule has 10 heteroatoms. The molecule has 0 aliphatic carbocycles. The number of ether oxygens (including phenoxy) is 2. The van der Waals surface area contributed by atoms with Gasteiger partial charge < -0.3 is 20.1 Å². The Labute approximate surface area is 496 Å². The molecule has 0 aliphatic heterocycles. The molecule has 0 aromatic carbocycles. The molecule has 2 unspecified atom stereocenters. The fourth-order valence-corrected chi connectivity index (χ4v) is 9.22. The molecule has 2 atom stereocenters. The molecule has 0 fully saturated rings. The average molecular weight is 1140 g/mol. The van der Waals surface area contributed by atoms with Crippen LogP contribution in [-0.2, 0) is 32.7 Å². The van der Waals surface area contributed by atoms with Gasteiger partial charge in [-0.05, 0) is 122 Å². The van der Waals surface area contributed by atoms with Crippen LogP contribution in [0.3, 0.4) is 0 Å². The summed E-state index contributed by atoms with van der Waals surface area (Å²) in [7, 11) is -4.41. The maximum atomic E-state index is 12.7. The van der Waals surface area contributed by atoms with Crippen LogP contribution in [0, 0.1) is 0 Å². The van der Waals surface area contributed by atoms with Crippen molar-refractivity contribution in [3.8, 4) is 0 Å². The van der Waals surface area contributed by atoms with Crippen molar-refractivity contribution in [1.82, 2.24) is 0 Å². The van der Waals surface area contributed by atoms with E-state index in [1.807, 2.05) is 0 Å². The minimum Gasteiger partial charge on any atom is -0.462 e. The van der Waals surface area contributed by atoms with Crippen LogP contribution in [0.4, 0.5) is 0 Å². The predicted molar refractivity (Wildman–Crippen MR) is 348 cm³/mol. The summed E-state index contributed by atoms with van der Waals surface area (Å²) in [5.74, 6) is -0.858. The maximum Gasteiger partial charge on any atom is 0.472 e. The van der Waals surface area contributed by atoms with Gasteiger partial charge in [-0.15, -0.1) is 0 Å². The van der Waals surface area contributed by atoms with Gasteiger partial charge in [-0.25, -0.2) is 4.57 Å². The number of phosphoric acid groups is 1. The Balaban J connectivity index is 4.04. The van der Waals surface area contributed by atoms with Crippen molar-refractivity contribution in [2.24, 2.45) is 5.73 Å². The lowest BCUT2D eigenvalue weighted by molar-refractivity contribution is -0.161. The first kappa shape index (κ1) is 76.9. The van der Waals surface area contributed by atoms with Gasteiger partial charge in [0.05, 0.1) is 13.2 Å². The second kappa shape index (κ2) is 65.0. The zero-order valence-electron chi connectivity index (χ0n) is 51.5. The average Bonchev–Trinajstić information content (AvgIpc) is 3.46. The molecular formula is C71H118NO8P. The molecule has 0 amide bonds. The van der Waals surface area contributed by atoms with Crippen molar-refractivity contribution in [2.45, 2.75) is 264 Å². The number of carbonyl (C=O) groups is 2. The highest BCUT2D eigenvalue weighted by atomic mass is 31.2. The largest absolute Gasteiger partial charge is 0.472 e. The lowest BCUT2D eigenvalue weighted by Gasteiger charge is -2.19. The normalized spacial score (nSPS) is 14.0. The third-order valence-electron chi connectivity index (χ3n) is 13.2. The quantitative estimate of drug-likeness (QED) is 0.0264. The molecule has 0 radical (unpaired) electrons. The molecule has 0 saturated heterocycles. The number of carbonyl (C=O) groups excluding carboxylic acids is 2. The van der Waals surface area contributed by atoms with Gasteiger partial charge >= 0.3 is 19.8 Å². The second-order valence-electron chi connectivity index (χ2n) is 20.9. The van der Waals surface area contributed by atoms with E-state index >= 15 is 0 Å². The number of nitrogens with two attached hydrogens (primary N) is 1. The highest BCUT2D eigenvalue weighted by molar-refractivity contribution is 7.47. The molecule has 0 saturated carbocycles. The number of esters is 2. The van der Waals surface area contributed by atoms with Gasteiger partial charge in [0, 0.05) is 19.4 Å². The van der Waals surface area contributed by atoms with Gasteiger partial charge in [-0.1, -0.05) is 269 Å². The fraction of sp³-hybridized carbons (Fsp3) is 0.634. The first-order valence-corrected chi connectivity index (χ1v) is 33.8. The van der Waals surface area contributed by atoms with Crippen molar-refractivity contribution in [2.75, 3.05) is 26.4 Å². The molecule has 0 rings (SSSR count). The lowest BCUT2D eigenvalue weighted by Crippen LogP contribution is -2.29. The first-order chi connectivity index (χ1) is 39.8. The second-order valence-corrected chi connectivity index (χ2v) is 22.3. The third kappa shape index (κ3) is 64.9. The fourth-order valence-electron chi connectivity index (χ4n) is 8.46. The summed E-state index contributed by atoms with van der Waals surface area (Å²) in [6.45, 7) is 3.60. The molecule has 0 bridgehead atoms. The van der Waals surface area contributed by atoms with Crippen LogP contribution in [0.5, 0.6) is 0 Å². The van der Waals surface area contributed by atoms with Crippen LogP contribution < -0.4 is 5.73 Å². The topological polar surface area (TPSA) is 134 Å². The van der Waals surface area contributed by atoms with E-state index in [1.54, 1.807) is 0 Å². The Kier molecular flexibility index (Phi) is 61.7. The Morgan fingerprint density at radius 2 is 0.679 bits per heavy atom. The van der Waals surface area contributed by atoms with Crippen LogP contribution >= 0.6 is 7.82 Å². The lowest BCUT2D eigenvalue weighted by atomic mass is 10.1. The monoisotopic (exact) mass is 1140 g/mol. The number of hydrogen-bond donors (Lipinski definition) is 2. The van der Waals surface area contributed by atoms with Gasteiger partial charge in [0.1, 0.15) is 6.61 Å². The smallest absolute Gasteiger partial charge is 0.462 e. The summed E-state index contributed by atoms with van der Waals surface area (Å²) in [4.78, 5) is 35.3. The summed E-state index contributed by atoms with van der Waals surface area (Å²) in [5.41, 5.74) is 5.39. The van der Waals surface area contributed by atoms with E-state index in [4.69, 9.17) is 24.3 Å². The number of unbranched alkanes of at least 4 members (excludes halogenated alkanes) is 22. The molecule has 0 aromatic rings. The Morgan fingerprint density at radius 1 is 0.383 bits per heavy atom. The molecule has 0 spiro atoms. The Bertz CT molecular complexity index is 1830. The number of rotatable bonds is 59. The molecular weight excluding hydrogens is 1030 g/mol. The van der Waals surface area contributed by atoms with Crippen LogP contribution in [0.25, 0.3) is 0 Å². The van der Waals surface area contributed by atoms with Crippen molar-refractivity contribution in [3.63, 3.8) is 0 Å². The highest BCUT2D eigenvalue weighted by Gasteiger charge is 2.26. The minimum atomic E-state index is -4.41. The van der Waals surface area contributed by atoms with Gasteiger partial charge in [0.15, 0.2) is 6.10 Å². The van der Waals surface area contributed by atoms with E-state index in [0.29, 0.717) is 6.42 Å². The molecule has 0 heterocycles. The SMILES string of the molecule is CC/C=C\C/C=C\C/C=C\C/C=C\C/C=C\C/C=C\C/C=C\C/C=C\C/C=C\C/C=C\C/C=C\CCCCCCCC(=O)OC(COC(=O)CCCCCCCCCCC/C=C\CCCCCCCCCC)COP(=O)(O)OCCN. The third-order valence-corrected chi connectivity index (χ3v) is 14.2. The summed E-state index contributed by atoms with van der Waals surface area (Å²) in [6.07, 6.45) is 93.4. The molecule has 3 N–H and O–H groups in total. The molecule has 460 valence electrons. The maximum absolute atomic E-state index is 12.7. The van der Waals surface area contributed by atoms with Gasteiger partial charge in [-0.3, -0.25) is 18.6 Å². The van der Waals surface area contributed by atoms with Crippen molar-refractivity contribution < 1.29 is 37.6 Å². The number of phosphoric ester groups is 1. The predicted octanol–water partition coefficient (Wildman–Crippen LogP) is 21.1. The van der Waals surface area contributed by atoms with Crippen LogP contribution in [0.1, 0.15) is 258 Å². The van der Waals surface area contributed by atoms with Crippen LogP contribution in [0.2, 0.25) is 0 Å². The Morgan fingerprint density at radius 3 is 1.02 bits per heavy atom. The van der Waals surface area contributed by atoms with Crippen molar-refractivity contribution in [1.29, 1.82) is 0 Å². The van der Waals surface area contributed by atoms with Crippen molar-refractivity contribution in [3.05, 3.63) is 146 Å². The van der Waals surface area contributed by atoms with E-state index in [1.165, 1.54) is 96.3 Å².